The van der Waals surface area contributed by atoms with E-state index in [4.69, 9.17) is 9.47 Å². The Hall–Kier alpha value is -0.160. The van der Waals surface area contributed by atoms with Crippen molar-refractivity contribution in [2.24, 2.45) is 5.41 Å². The monoisotopic (exact) mass is 286 g/mol. The average Bonchev–Trinajstić information content (AvgIpc) is 2.38. The standard InChI is InChI=1S/C16H34N2O2/c1-13(12-20-6)18(10-11-19-5)14-8-7-9-16(2,3)15(14)17-4/h13-15,17H,7-12H2,1-6H3. The predicted molar refractivity (Wildman–Crippen MR) is 84.2 cm³/mol. The Balaban J connectivity index is 2.85. The number of rotatable bonds is 8. The van der Waals surface area contributed by atoms with Gasteiger partial charge in [-0.3, -0.25) is 4.90 Å². The van der Waals surface area contributed by atoms with Crippen LogP contribution < -0.4 is 5.32 Å². The predicted octanol–water partition coefficient (Wildman–Crippen LogP) is 2.14. The Morgan fingerprint density at radius 2 is 2.00 bits per heavy atom. The fraction of sp³-hybridized carbons (Fsp3) is 1.00. The summed E-state index contributed by atoms with van der Waals surface area (Å²) in [6.45, 7) is 9.55. The van der Waals surface area contributed by atoms with Crippen LogP contribution in [0.2, 0.25) is 0 Å². The lowest BCUT2D eigenvalue weighted by molar-refractivity contribution is -0.00559. The van der Waals surface area contributed by atoms with Gasteiger partial charge in [0, 0.05) is 38.9 Å². The fourth-order valence-corrected chi connectivity index (χ4v) is 3.80. The largest absolute Gasteiger partial charge is 0.383 e. The molecule has 1 N–H and O–H groups in total. The molecule has 4 nitrogen and oxygen atoms in total. The normalized spacial score (nSPS) is 27.8. The number of ether oxygens (including phenoxy) is 2. The highest BCUT2D eigenvalue weighted by molar-refractivity contribution is 4.98. The van der Waals surface area contributed by atoms with Gasteiger partial charge in [0.2, 0.25) is 0 Å². The van der Waals surface area contributed by atoms with Gasteiger partial charge in [-0.1, -0.05) is 20.3 Å². The van der Waals surface area contributed by atoms with Gasteiger partial charge >= 0.3 is 0 Å². The lowest BCUT2D eigenvalue weighted by Gasteiger charge is -2.50. The molecule has 0 radical (unpaired) electrons. The Kier molecular flexibility index (Phi) is 7.45. The fourth-order valence-electron chi connectivity index (χ4n) is 3.80. The third-order valence-electron chi connectivity index (χ3n) is 4.81. The van der Waals surface area contributed by atoms with E-state index in [2.05, 4.69) is 38.0 Å². The topological polar surface area (TPSA) is 33.7 Å². The van der Waals surface area contributed by atoms with Crippen molar-refractivity contribution in [2.75, 3.05) is 41.0 Å². The molecule has 1 fully saturated rings. The number of nitrogens with zero attached hydrogens (tertiary/aromatic N) is 1. The molecule has 1 saturated carbocycles. The van der Waals surface area contributed by atoms with Crippen LogP contribution in [0.3, 0.4) is 0 Å². The van der Waals surface area contributed by atoms with E-state index in [1.165, 1.54) is 19.3 Å². The van der Waals surface area contributed by atoms with Crippen LogP contribution in [0.1, 0.15) is 40.0 Å². The maximum Gasteiger partial charge on any atom is 0.0615 e. The molecule has 0 bridgehead atoms. The summed E-state index contributed by atoms with van der Waals surface area (Å²) in [4.78, 5) is 2.58. The van der Waals surface area contributed by atoms with Crippen molar-refractivity contribution < 1.29 is 9.47 Å². The number of likely N-dealkylation sites (N-methyl/N-ethyl adjacent to an activating group) is 1. The molecule has 120 valence electrons. The van der Waals surface area contributed by atoms with E-state index in [9.17, 15) is 0 Å². The SMILES string of the molecule is CNC1C(N(CCOC)C(C)COC)CCCC1(C)C. The third kappa shape index (κ3) is 4.42. The smallest absolute Gasteiger partial charge is 0.0615 e. The Morgan fingerprint density at radius 1 is 1.30 bits per heavy atom. The number of hydrogen-bond donors (Lipinski definition) is 1. The van der Waals surface area contributed by atoms with Gasteiger partial charge in [0.05, 0.1) is 13.2 Å². The molecule has 0 aliphatic heterocycles. The zero-order valence-electron chi connectivity index (χ0n) is 14.2. The van der Waals surface area contributed by atoms with Gasteiger partial charge in [-0.25, -0.2) is 0 Å². The van der Waals surface area contributed by atoms with E-state index in [0.717, 1.165) is 19.8 Å². The van der Waals surface area contributed by atoms with Gasteiger partial charge in [-0.05, 0) is 32.2 Å². The van der Waals surface area contributed by atoms with Crippen molar-refractivity contribution in [1.82, 2.24) is 10.2 Å². The summed E-state index contributed by atoms with van der Waals surface area (Å²) in [6, 6.07) is 1.50. The minimum absolute atomic E-state index is 0.343. The van der Waals surface area contributed by atoms with E-state index in [-0.39, 0.29) is 0 Å². The quantitative estimate of drug-likeness (QED) is 0.741. The zero-order valence-corrected chi connectivity index (χ0v) is 14.2. The summed E-state index contributed by atoms with van der Waals surface area (Å²) in [6.07, 6.45) is 3.86. The molecule has 1 rings (SSSR count). The van der Waals surface area contributed by atoms with Crippen LogP contribution in [0.25, 0.3) is 0 Å². The molecule has 3 atom stereocenters. The van der Waals surface area contributed by atoms with Crippen molar-refractivity contribution in [3.63, 3.8) is 0 Å². The number of methoxy groups -OCH3 is 2. The molecule has 1 aliphatic carbocycles. The highest BCUT2D eigenvalue weighted by Gasteiger charge is 2.41. The summed E-state index contributed by atoms with van der Waals surface area (Å²) in [5, 5.41) is 3.57. The molecule has 0 heterocycles. The molecular formula is C16H34N2O2. The number of nitrogens with one attached hydrogen (secondary N) is 1. The Labute approximate surface area is 125 Å². The van der Waals surface area contributed by atoms with Crippen LogP contribution in [0.15, 0.2) is 0 Å². The second kappa shape index (κ2) is 8.32. The lowest BCUT2D eigenvalue weighted by Crippen LogP contribution is -2.60. The van der Waals surface area contributed by atoms with Gasteiger partial charge in [0.1, 0.15) is 0 Å². The van der Waals surface area contributed by atoms with Gasteiger partial charge < -0.3 is 14.8 Å². The van der Waals surface area contributed by atoms with Gasteiger partial charge in [0.25, 0.3) is 0 Å². The van der Waals surface area contributed by atoms with E-state index in [1.807, 2.05) is 0 Å². The second-order valence-corrected chi connectivity index (χ2v) is 6.75. The van der Waals surface area contributed by atoms with Gasteiger partial charge in [0.15, 0.2) is 0 Å². The Morgan fingerprint density at radius 3 is 2.55 bits per heavy atom. The van der Waals surface area contributed by atoms with Crippen molar-refractivity contribution in [2.45, 2.75) is 58.2 Å². The summed E-state index contributed by atoms with van der Waals surface area (Å²) in [7, 11) is 5.66. The van der Waals surface area contributed by atoms with Gasteiger partial charge in [-0.2, -0.15) is 0 Å². The van der Waals surface area contributed by atoms with Crippen LogP contribution in [0.4, 0.5) is 0 Å². The minimum atomic E-state index is 0.343. The summed E-state index contributed by atoms with van der Waals surface area (Å²) in [5.74, 6) is 0. The first-order valence-corrected chi connectivity index (χ1v) is 7.88. The average molecular weight is 286 g/mol. The molecule has 0 aromatic rings. The molecule has 20 heavy (non-hydrogen) atoms. The van der Waals surface area contributed by atoms with Crippen LogP contribution in [0.5, 0.6) is 0 Å². The first kappa shape index (κ1) is 17.9. The first-order valence-electron chi connectivity index (χ1n) is 7.88. The number of hydrogen-bond acceptors (Lipinski definition) is 4. The summed E-state index contributed by atoms with van der Waals surface area (Å²) < 4.78 is 10.7. The molecule has 0 amide bonds. The van der Waals surface area contributed by atoms with E-state index < -0.39 is 0 Å². The second-order valence-electron chi connectivity index (χ2n) is 6.75. The maximum atomic E-state index is 5.37. The highest BCUT2D eigenvalue weighted by Crippen LogP contribution is 2.38. The zero-order chi connectivity index (χ0) is 15.2. The molecule has 4 heteroatoms. The van der Waals surface area contributed by atoms with E-state index in [1.54, 1.807) is 14.2 Å². The Bertz CT molecular complexity index is 271. The van der Waals surface area contributed by atoms with Gasteiger partial charge in [-0.15, -0.1) is 0 Å². The maximum absolute atomic E-state index is 5.37. The highest BCUT2D eigenvalue weighted by atomic mass is 16.5. The molecule has 1 aliphatic rings. The van der Waals surface area contributed by atoms with Crippen LogP contribution in [0, 0.1) is 5.41 Å². The van der Waals surface area contributed by atoms with Crippen molar-refractivity contribution in [1.29, 1.82) is 0 Å². The molecule has 0 saturated heterocycles. The van der Waals surface area contributed by atoms with E-state index >= 15 is 0 Å². The van der Waals surface area contributed by atoms with Crippen LogP contribution in [-0.4, -0.2) is 64.1 Å². The summed E-state index contributed by atoms with van der Waals surface area (Å²) in [5.41, 5.74) is 0.343. The molecule has 3 unspecified atom stereocenters. The molecular weight excluding hydrogens is 252 g/mol. The first-order chi connectivity index (χ1) is 9.47. The van der Waals surface area contributed by atoms with Crippen molar-refractivity contribution in [3.05, 3.63) is 0 Å². The minimum Gasteiger partial charge on any atom is -0.383 e. The summed E-state index contributed by atoms with van der Waals surface area (Å²) >= 11 is 0. The molecule has 0 aromatic heterocycles. The van der Waals surface area contributed by atoms with Crippen molar-refractivity contribution >= 4 is 0 Å². The lowest BCUT2D eigenvalue weighted by atomic mass is 9.70. The van der Waals surface area contributed by atoms with Crippen LogP contribution >= 0.6 is 0 Å². The van der Waals surface area contributed by atoms with E-state index in [0.29, 0.717) is 23.5 Å². The molecule has 0 aromatic carbocycles. The third-order valence-corrected chi connectivity index (χ3v) is 4.81. The van der Waals surface area contributed by atoms with Crippen molar-refractivity contribution in [3.8, 4) is 0 Å². The molecule has 0 spiro atoms. The van der Waals surface area contributed by atoms with Crippen LogP contribution in [-0.2, 0) is 9.47 Å².